The van der Waals surface area contributed by atoms with E-state index >= 15 is 0 Å². The number of halogens is 2. The van der Waals surface area contributed by atoms with Crippen LogP contribution in [0, 0.1) is 11.2 Å². The highest BCUT2D eigenvalue weighted by Gasteiger charge is 2.46. The summed E-state index contributed by atoms with van der Waals surface area (Å²) in [6.07, 6.45) is 4.58. The van der Waals surface area contributed by atoms with Gasteiger partial charge in [-0.25, -0.2) is 4.39 Å². The van der Waals surface area contributed by atoms with Crippen molar-refractivity contribution < 1.29 is 13.9 Å². The molecule has 1 saturated heterocycles. The molecule has 6 heteroatoms. The predicted octanol–water partition coefficient (Wildman–Crippen LogP) is 2.80. The number of hydrogen-bond acceptors (Lipinski definition) is 3. The minimum atomic E-state index is -0.552. The van der Waals surface area contributed by atoms with E-state index in [4.69, 9.17) is 4.74 Å². The van der Waals surface area contributed by atoms with Crippen LogP contribution in [0.3, 0.4) is 0 Å². The second-order valence-electron chi connectivity index (χ2n) is 7.31. The van der Waals surface area contributed by atoms with Crippen molar-refractivity contribution >= 4 is 18.3 Å². The lowest BCUT2D eigenvalue weighted by atomic mass is 9.63. The number of carbonyl (C=O) groups is 1. The molecular formula is C19H28ClFN2O2. The number of methoxy groups -OCH3 is 1. The van der Waals surface area contributed by atoms with Crippen LogP contribution in [-0.2, 0) is 14.9 Å². The third-order valence-corrected chi connectivity index (χ3v) is 5.76. The molecule has 3 rings (SSSR count). The first-order valence-electron chi connectivity index (χ1n) is 8.84. The summed E-state index contributed by atoms with van der Waals surface area (Å²) in [5, 5.41) is 6.53. The van der Waals surface area contributed by atoms with Crippen LogP contribution in [0.5, 0.6) is 0 Å². The summed E-state index contributed by atoms with van der Waals surface area (Å²) < 4.78 is 19.0. The molecule has 1 aliphatic carbocycles. The van der Waals surface area contributed by atoms with Gasteiger partial charge in [0, 0.05) is 19.1 Å². The van der Waals surface area contributed by atoms with Gasteiger partial charge < -0.3 is 15.4 Å². The van der Waals surface area contributed by atoms with Crippen LogP contribution in [0.15, 0.2) is 24.3 Å². The molecule has 0 spiro atoms. The van der Waals surface area contributed by atoms with E-state index in [2.05, 4.69) is 10.6 Å². The van der Waals surface area contributed by atoms with Crippen LogP contribution in [0.1, 0.15) is 37.7 Å². The van der Waals surface area contributed by atoms with E-state index < -0.39 is 5.41 Å². The second-order valence-corrected chi connectivity index (χ2v) is 7.31. The Hall–Kier alpha value is -1.17. The third kappa shape index (κ3) is 4.15. The molecule has 1 aromatic rings. The van der Waals surface area contributed by atoms with E-state index in [0.29, 0.717) is 13.2 Å². The van der Waals surface area contributed by atoms with Crippen molar-refractivity contribution in [2.45, 2.75) is 37.5 Å². The zero-order valence-corrected chi connectivity index (χ0v) is 15.6. The molecule has 4 nitrogen and oxygen atoms in total. The van der Waals surface area contributed by atoms with Gasteiger partial charge >= 0.3 is 0 Å². The van der Waals surface area contributed by atoms with Crippen LogP contribution in [-0.4, -0.2) is 39.3 Å². The Kier molecular flexibility index (Phi) is 6.83. The zero-order chi connectivity index (χ0) is 17.0. The van der Waals surface area contributed by atoms with Crippen LogP contribution in [0.25, 0.3) is 0 Å². The molecule has 1 saturated carbocycles. The highest BCUT2D eigenvalue weighted by atomic mass is 35.5. The largest absolute Gasteiger partial charge is 0.384 e. The van der Waals surface area contributed by atoms with E-state index in [0.717, 1.165) is 50.8 Å². The lowest BCUT2D eigenvalue weighted by Crippen LogP contribution is -2.53. The highest BCUT2D eigenvalue weighted by Crippen LogP contribution is 2.44. The van der Waals surface area contributed by atoms with E-state index in [1.807, 2.05) is 6.07 Å². The van der Waals surface area contributed by atoms with Gasteiger partial charge in [0.1, 0.15) is 5.82 Å². The Morgan fingerprint density at radius 1 is 1.28 bits per heavy atom. The minimum Gasteiger partial charge on any atom is -0.384 e. The average Bonchev–Trinajstić information content (AvgIpc) is 2.53. The van der Waals surface area contributed by atoms with E-state index in [1.165, 1.54) is 12.1 Å². The lowest BCUT2D eigenvalue weighted by Gasteiger charge is -2.43. The fraction of sp³-hybridized carbons (Fsp3) is 0.632. The quantitative estimate of drug-likeness (QED) is 0.809. The summed E-state index contributed by atoms with van der Waals surface area (Å²) in [5.74, 6) is -0.242. The molecule has 0 radical (unpaired) electrons. The first-order chi connectivity index (χ1) is 11.6. The van der Waals surface area contributed by atoms with Crippen LogP contribution >= 0.6 is 12.4 Å². The summed E-state index contributed by atoms with van der Waals surface area (Å²) in [7, 11) is 1.71. The molecular weight excluding hydrogens is 343 g/mol. The summed E-state index contributed by atoms with van der Waals surface area (Å²) in [4.78, 5) is 13.0. The Morgan fingerprint density at radius 3 is 2.56 bits per heavy atom. The molecule has 1 amide bonds. The van der Waals surface area contributed by atoms with Crippen molar-refractivity contribution in [3.05, 3.63) is 35.6 Å². The van der Waals surface area contributed by atoms with Crippen molar-refractivity contribution in [2.75, 3.05) is 33.4 Å². The Bertz CT molecular complexity index is 581. The maximum atomic E-state index is 13.6. The van der Waals surface area contributed by atoms with Gasteiger partial charge in [-0.3, -0.25) is 4.79 Å². The number of rotatable bonds is 6. The molecule has 25 heavy (non-hydrogen) atoms. The molecule has 0 aromatic heterocycles. The maximum absolute atomic E-state index is 13.6. The number of hydrogen-bond donors (Lipinski definition) is 2. The second kappa shape index (κ2) is 8.47. The molecule has 2 aliphatic rings. The zero-order valence-electron chi connectivity index (χ0n) is 14.8. The van der Waals surface area contributed by atoms with Crippen LogP contribution < -0.4 is 10.6 Å². The van der Waals surface area contributed by atoms with Crippen molar-refractivity contribution in [2.24, 2.45) is 5.41 Å². The van der Waals surface area contributed by atoms with Crippen molar-refractivity contribution in [3.63, 3.8) is 0 Å². The predicted molar refractivity (Wildman–Crippen MR) is 98.6 cm³/mol. The van der Waals surface area contributed by atoms with Crippen LogP contribution in [0.2, 0.25) is 0 Å². The monoisotopic (exact) mass is 370 g/mol. The van der Waals surface area contributed by atoms with Crippen LogP contribution in [0.4, 0.5) is 4.39 Å². The van der Waals surface area contributed by atoms with Crippen molar-refractivity contribution in [3.8, 4) is 0 Å². The van der Waals surface area contributed by atoms with Gasteiger partial charge in [0.05, 0.1) is 12.0 Å². The SMILES string of the molecule is COCC1(CNC(=O)C2(c3cccc(F)c3)CCC2)CCNCC1.Cl. The highest BCUT2D eigenvalue weighted by molar-refractivity contribution is 5.89. The molecule has 1 aliphatic heterocycles. The summed E-state index contributed by atoms with van der Waals surface area (Å²) >= 11 is 0. The van der Waals surface area contributed by atoms with Gasteiger partial charge in [0.2, 0.25) is 5.91 Å². The fourth-order valence-corrected chi connectivity index (χ4v) is 4.04. The Morgan fingerprint density at radius 2 is 2.00 bits per heavy atom. The molecule has 1 aromatic carbocycles. The minimum absolute atomic E-state index is 0. The number of carbonyl (C=O) groups excluding carboxylic acids is 1. The first-order valence-corrected chi connectivity index (χ1v) is 8.84. The molecule has 1 heterocycles. The molecule has 0 atom stereocenters. The number of ether oxygens (including phenoxy) is 1. The smallest absolute Gasteiger partial charge is 0.230 e. The van der Waals surface area contributed by atoms with Crippen molar-refractivity contribution in [1.82, 2.24) is 10.6 Å². The lowest BCUT2D eigenvalue weighted by molar-refractivity contribution is -0.130. The van der Waals surface area contributed by atoms with E-state index in [9.17, 15) is 9.18 Å². The van der Waals surface area contributed by atoms with Crippen molar-refractivity contribution in [1.29, 1.82) is 0 Å². The number of nitrogens with one attached hydrogen (secondary N) is 2. The van der Waals surface area contributed by atoms with Gasteiger partial charge in [0.25, 0.3) is 0 Å². The normalized spacial score (nSPS) is 20.9. The summed E-state index contributed by atoms with van der Waals surface area (Å²) in [6, 6.07) is 6.50. The van der Waals surface area contributed by atoms with Gasteiger partial charge in [-0.2, -0.15) is 0 Å². The average molecular weight is 371 g/mol. The standard InChI is InChI=1S/C19H27FN2O2.ClH/c1-24-14-18(8-10-21-11-9-18)13-22-17(23)19(6-3-7-19)15-4-2-5-16(20)12-15;/h2,4-5,12,21H,3,6-11,13-14H2,1H3,(H,22,23);1H. The molecule has 140 valence electrons. The third-order valence-electron chi connectivity index (χ3n) is 5.76. The molecule has 2 N–H and O–H groups in total. The van der Waals surface area contributed by atoms with E-state index in [1.54, 1.807) is 13.2 Å². The van der Waals surface area contributed by atoms with Gasteiger partial charge in [-0.05, 0) is 56.5 Å². The number of benzene rings is 1. The molecule has 2 fully saturated rings. The Balaban J connectivity index is 0.00000225. The number of amides is 1. The number of piperidine rings is 1. The maximum Gasteiger partial charge on any atom is 0.230 e. The Labute approximate surface area is 155 Å². The fourth-order valence-electron chi connectivity index (χ4n) is 4.04. The van der Waals surface area contributed by atoms with E-state index in [-0.39, 0.29) is 29.5 Å². The van der Waals surface area contributed by atoms with Gasteiger partial charge in [-0.1, -0.05) is 18.6 Å². The summed E-state index contributed by atoms with van der Waals surface area (Å²) in [6.45, 7) is 3.18. The molecule has 0 bridgehead atoms. The summed E-state index contributed by atoms with van der Waals surface area (Å²) in [5.41, 5.74) is 0.253. The topological polar surface area (TPSA) is 50.4 Å². The van der Waals surface area contributed by atoms with Gasteiger partial charge in [0.15, 0.2) is 0 Å². The molecule has 0 unspecified atom stereocenters. The first kappa shape index (κ1) is 20.1. The van der Waals surface area contributed by atoms with Gasteiger partial charge in [-0.15, -0.1) is 12.4 Å².